The molecule has 184 valence electrons. The fourth-order valence-corrected chi connectivity index (χ4v) is 6.61. The monoisotopic (exact) mass is 499 g/mol. The second kappa shape index (κ2) is 8.29. The maximum absolute atomic E-state index is 14.5. The number of anilines is 2. The summed E-state index contributed by atoms with van der Waals surface area (Å²) in [6.45, 7) is 2.82. The van der Waals surface area contributed by atoms with Crippen molar-refractivity contribution in [2.24, 2.45) is 11.8 Å². The van der Waals surface area contributed by atoms with E-state index in [9.17, 15) is 13.6 Å². The molecule has 3 aromatic rings. The molecule has 2 bridgehead atoms. The fourth-order valence-electron chi connectivity index (χ4n) is 5.57. The second-order valence-electron chi connectivity index (χ2n) is 9.87. The molecule has 35 heavy (non-hydrogen) atoms. The number of nitrogen functional groups attached to an aromatic ring is 1. The maximum atomic E-state index is 14.5. The summed E-state index contributed by atoms with van der Waals surface area (Å²) in [6, 6.07) is 7.35. The zero-order chi connectivity index (χ0) is 24.3. The van der Waals surface area contributed by atoms with Crippen LogP contribution in [-0.4, -0.2) is 47.5 Å². The number of piperidine rings is 1. The highest BCUT2D eigenvalue weighted by Crippen LogP contribution is 2.47. The van der Waals surface area contributed by atoms with Crippen molar-refractivity contribution in [3.63, 3.8) is 0 Å². The van der Waals surface area contributed by atoms with Crippen molar-refractivity contribution < 1.29 is 18.3 Å². The highest BCUT2D eigenvalue weighted by molar-refractivity contribution is 7.21. The van der Waals surface area contributed by atoms with E-state index in [0.29, 0.717) is 54.6 Å². The van der Waals surface area contributed by atoms with E-state index < -0.39 is 17.8 Å². The van der Waals surface area contributed by atoms with Crippen LogP contribution in [0.2, 0.25) is 0 Å². The van der Waals surface area contributed by atoms with Crippen molar-refractivity contribution in [2.75, 3.05) is 30.3 Å². The van der Waals surface area contributed by atoms with Gasteiger partial charge in [0.1, 0.15) is 22.1 Å². The van der Waals surface area contributed by atoms with E-state index in [4.69, 9.17) is 10.5 Å². The van der Waals surface area contributed by atoms with Gasteiger partial charge in [-0.1, -0.05) is 6.42 Å². The van der Waals surface area contributed by atoms with Crippen LogP contribution in [0, 0.1) is 18.8 Å². The molecule has 0 spiro atoms. The molecule has 3 atom stereocenters. The van der Waals surface area contributed by atoms with Crippen LogP contribution >= 0.6 is 11.3 Å². The number of pyridine rings is 2. The summed E-state index contributed by atoms with van der Waals surface area (Å²) in [6.07, 6.45) is 2.56. The zero-order valence-electron chi connectivity index (χ0n) is 19.4. The number of carbonyl (C=O) groups is 1. The lowest BCUT2D eigenvalue weighted by Crippen LogP contribution is -2.56. The molecule has 7 nitrogen and oxygen atoms in total. The molecule has 0 radical (unpaired) electrons. The summed E-state index contributed by atoms with van der Waals surface area (Å²) in [7, 11) is 0. The summed E-state index contributed by atoms with van der Waals surface area (Å²) in [5, 5.41) is 3.81. The van der Waals surface area contributed by atoms with Gasteiger partial charge in [-0.25, -0.2) is 13.8 Å². The fraction of sp³-hybridized carbons (Fsp3) is 0.480. The Morgan fingerprint density at radius 2 is 1.97 bits per heavy atom. The van der Waals surface area contributed by atoms with Crippen LogP contribution in [0.15, 0.2) is 24.3 Å². The van der Waals surface area contributed by atoms with Gasteiger partial charge in [-0.2, -0.15) is 4.98 Å². The molecule has 3 aromatic heterocycles. The Kier molecular flexibility index (Phi) is 5.32. The van der Waals surface area contributed by atoms with Crippen LogP contribution in [-0.2, 0) is 6.42 Å². The van der Waals surface area contributed by atoms with Crippen molar-refractivity contribution in [1.82, 2.24) is 15.3 Å². The van der Waals surface area contributed by atoms with E-state index >= 15 is 0 Å². The van der Waals surface area contributed by atoms with Gasteiger partial charge in [0, 0.05) is 48.0 Å². The molecule has 2 fully saturated rings. The van der Waals surface area contributed by atoms with Crippen molar-refractivity contribution >= 4 is 39.0 Å². The van der Waals surface area contributed by atoms with Crippen LogP contribution < -0.4 is 20.7 Å². The summed E-state index contributed by atoms with van der Waals surface area (Å²) < 4.78 is 35.0. The Morgan fingerprint density at radius 3 is 2.74 bits per heavy atom. The molecule has 5 heterocycles. The van der Waals surface area contributed by atoms with Gasteiger partial charge in [0.25, 0.3) is 11.8 Å². The Morgan fingerprint density at radius 1 is 1.20 bits per heavy atom. The normalized spacial score (nSPS) is 25.1. The number of amides is 1. The van der Waals surface area contributed by atoms with Crippen molar-refractivity contribution in [3.05, 3.63) is 40.4 Å². The number of rotatable bonds is 3. The first-order valence-electron chi connectivity index (χ1n) is 12.0. The third kappa shape index (κ3) is 3.87. The predicted molar refractivity (Wildman–Crippen MR) is 131 cm³/mol. The zero-order valence-corrected chi connectivity index (χ0v) is 20.2. The number of fused-ring (bicyclic) bond motifs is 4. The number of nitrogens with two attached hydrogens (primary N) is 1. The van der Waals surface area contributed by atoms with E-state index in [0.717, 1.165) is 27.9 Å². The summed E-state index contributed by atoms with van der Waals surface area (Å²) >= 11 is 1.28. The number of nitrogens with one attached hydrogen (secondary N) is 1. The van der Waals surface area contributed by atoms with Crippen LogP contribution in [0.5, 0.6) is 5.88 Å². The molecule has 2 unspecified atom stereocenters. The quantitative estimate of drug-likeness (QED) is 0.562. The highest BCUT2D eigenvalue weighted by atomic mass is 32.1. The first kappa shape index (κ1) is 22.5. The number of hydrogen-bond donors (Lipinski definition) is 2. The number of thiophene rings is 1. The van der Waals surface area contributed by atoms with Gasteiger partial charge in [0.15, 0.2) is 0 Å². The molecule has 3 aliphatic rings. The number of carbonyl (C=O) groups excluding carboxylic acids is 1. The Balaban J connectivity index is 1.15. The second-order valence-corrected chi connectivity index (χ2v) is 10.9. The number of hydrogen-bond acceptors (Lipinski definition) is 7. The number of halogens is 2. The standard InChI is InChI=1S/C25H27F2N5O2S/c1-13-5-7-18-20(28)21(35-24(18)29-13)22(33)30-17-9-14-6-8-19(31-23(14)34-12-17)32-10-15-3-2-4-16(11-32)25(15,26)27/h5-8,15-17H,2-4,9-12,28H2,1H3,(H,30,33)/t15?,16?,17-/m1/s1. The van der Waals surface area contributed by atoms with Gasteiger partial charge >= 0.3 is 0 Å². The van der Waals surface area contributed by atoms with Gasteiger partial charge in [0.2, 0.25) is 5.88 Å². The molecule has 0 aromatic carbocycles. The molecule has 6 rings (SSSR count). The van der Waals surface area contributed by atoms with Crippen LogP contribution in [0.4, 0.5) is 20.3 Å². The average molecular weight is 500 g/mol. The van der Waals surface area contributed by atoms with Crippen LogP contribution in [0.3, 0.4) is 0 Å². The summed E-state index contributed by atoms with van der Waals surface area (Å²) in [5.74, 6) is -2.87. The number of alkyl halides is 2. The predicted octanol–water partition coefficient (Wildman–Crippen LogP) is 4.19. The maximum Gasteiger partial charge on any atom is 0.263 e. The van der Waals surface area contributed by atoms with Gasteiger partial charge in [-0.15, -0.1) is 11.3 Å². The van der Waals surface area contributed by atoms with E-state index in [-0.39, 0.29) is 18.6 Å². The van der Waals surface area contributed by atoms with Crippen molar-refractivity contribution in [1.29, 1.82) is 0 Å². The Bertz CT molecular complexity index is 1300. The SMILES string of the molecule is Cc1ccc2c(N)c(C(=O)N[C@H]3COc4nc(N5CC6CCCC(C5)C6(F)F)ccc4C3)sc2n1. The van der Waals surface area contributed by atoms with Crippen LogP contribution in [0.1, 0.15) is 40.2 Å². The topological polar surface area (TPSA) is 93.4 Å². The minimum atomic E-state index is -2.59. The minimum Gasteiger partial charge on any atom is -0.475 e. The summed E-state index contributed by atoms with van der Waals surface area (Å²) in [5.41, 5.74) is 8.42. The first-order valence-corrected chi connectivity index (χ1v) is 12.8. The smallest absolute Gasteiger partial charge is 0.263 e. The van der Waals surface area contributed by atoms with E-state index in [2.05, 4.69) is 15.3 Å². The molecule has 1 amide bonds. The lowest BCUT2D eigenvalue weighted by atomic mass is 9.74. The number of nitrogens with zero attached hydrogens (tertiary/aromatic N) is 3. The molecular formula is C25H27F2N5O2S. The van der Waals surface area contributed by atoms with Crippen LogP contribution in [0.25, 0.3) is 10.2 Å². The third-order valence-corrected chi connectivity index (χ3v) is 8.60. The molecule has 1 saturated carbocycles. The number of aryl methyl sites for hydroxylation is 1. The molecule has 1 saturated heterocycles. The van der Waals surface area contributed by atoms with Crippen molar-refractivity contribution in [2.45, 2.75) is 44.6 Å². The highest BCUT2D eigenvalue weighted by Gasteiger charge is 2.53. The van der Waals surface area contributed by atoms with E-state index in [1.165, 1.54) is 11.3 Å². The van der Waals surface area contributed by atoms with Gasteiger partial charge in [0.05, 0.1) is 11.7 Å². The van der Waals surface area contributed by atoms with Gasteiger partial charge in [-0.3, -0.25) is 4.79 Å². The molecule has 3 N–H and O–H groups in total. The average Bonchev–Trinajstić information content (AvgIpc) is 3.13. The molecule has 1 aliphatic carbocycles. The first-order chi connectivity index (χ1) is 16.8. The molecule has 10 heteroatoms. The molecular weight excluding hydrogens is 472 g/mol. The largest absolute Gasteiger partial charge is 0.475 e. The number of aromatic nitrogens is 2. The van der Waals surface area contributed by atoms with Crippen molar-refractivity contribution in [3.8, 4) is 5.88 Å². The van der Waals surface area contributed by atoms with E-state index in [1.807, 2.05) is 36.1 Å². The van der Waals surface area contributed by atoms with Gasteiger partial charge in [-0.05, 0) is 44.0 Å². The lowest BCUT2D eigenvalue weighted by Gasteiger charge is -2.47. The lowest BCUT2D eigenvalue weighted by molar-refractivity contribution is -0.138. The third-order valence-electron chi connectivity index (χ3n) is 7.49. The molecule has 2 aliphatic heterocycles. The Labute approximate surface area is 205 Å². The summed E-state index contributed by atoms with van der Waals surface area (Å²) in [4.78, 5) is 25.3. The van der Waals surface area contributed by atoms with Gasteiger partial charge < -0.3 is 20.7 Å². The minimum absolute atomic E-state index is 0.227. The van der Waals surface area contributed by atoms with E-state index in [1.54, 1.807) is 0 Å². The number of ether oxygens (including phenoxy) is 1. The Hall–Kier alpha value is -3.01.